The molecule has 1 aliphatic heterocycles. The van der Waals surface area contributed by atoms with E-state index in [1.54, 1.807) is 26.4 Å². The normalized spacial score (nSPS) is 17.4. The molecule has 0 unspecified atom stereocenters. The lowest BCUT2D eigenvalue weighted by atomic mass is 9.79. The fraction of sp³-hybridized carbons (Fsp3) is 0.600. The molecular formula is C15H23N3O3. The first-order valence-electron chi connectivity index (χ1n) is 7.21. The van der Waals surface area contributed by atoms with Crippen molar-refractivity contribution in [3.63, 3.8) is 0 Å². The second-order valence-electron chi connectivity index (χ2n) is 5.73. The zero-order chi connectivity index (χ0) is 15.3. The molecule has 116 valence electrons. The maximum Gasteiger partial charge on any atom is 0.252 e. The van der Waals surface area contributed by atoms with Crippen LogP contribution < -0.4 is 16.2 Å². The first-order valence-corrected chi connectivity index (χ1v) is 7.21. The first-order chi connectivity index (χ1) is 10.1. The summed E-state index contributed by atoms with van der Waals surface area (Å²) in [6.45, 7) is 3.12. The van der Waals surface area contributed by atoms with Crippen LogP contribution in [0.15, 0.2) is 23.1 Å². The van der Waals surface area contributed by atoms with E-state index >= 15 is 0 Å². The molecule has 0 radical (unpaired) electrons. The summed E-state index contributed by atoms with van der Waals surface area (Å²) < 4.78 is 6.74. The summed E-state index contributed by atoms with van der Waals surface area (Å²) in [5.74, 6) is -0.153. The number of piperidine rings is 1. The van der Waals surface area contributed by atoms with Gasteiger partial charge in [-0.2, -0.15) is 0 Å². The summed E-state index contributed by atoms with van der Waals surface area (Å²) in [5, 5.41) is 6.30. The Morgan fingerprint density at radius 3 is 2.76 bits per heavy atom. The minimum atomic E-state index is -0.153. The summed E-state index contributed by atoms with van der Waals surface area (Å²) in [6, 6.07) is 2.97. The van der Waals surface area contributed by atoms with Gasteiger partial charge in [-0.25, -0.2) is 0 Å². The highest BCUT2D eigenvalue weighted by Crippen LogP contribution is 2.28. The van der Waals surface area contributed by atoms with Gasteiger partial charge in [-0.1, -0.05) is 0 Å². The number of aryl methyl sites for hydroxylation is 1. The van der Waals surface area contributed by atoms with Gasteiger partial charge >= 0.3 is 0 Å². The number of amides is 1. The van der Waals surface area contributed by atoms with E-state index in [-0.39, 0.29) is 16.9 Å². The Morgan fingerprint density at radius 1 is 1.43 bits per heavy atom. The van der Waals surface area contributed by atoms with Crippen molar-refractivity contribution < 1.29 is 9.53 Å². The molecule has 2 N–H and O–H groups in total. The quantitative estimate of drug-likeness (QED) is 0.809. The monoisotopic (exact) mass is 293 g/mol. The van der Waals surface area contributed by atoms with Crippen molar-refractivity contribution in [3.8, 4) is 0 Å². The highest BCUT2D eigenvalue weighted by atomic mass is 16.5. The number of nitrogens with zero attached hydrogens (tertiary/aromatic N) is 1. The van der Waals surface area contributed by atoms with Gasteiger partial charge in [0, 0.05) is 38.4 Å². The molecule has 1 fully saturated rings. The van der Waals surface area contributed by atoms with E-state index < -0.39 is 0 Å². The third-order valence-corrected chi connectivity index (χ3v) is 4.09. The van der Waals surface area contributed by atoms with Gasteiger partial charge in [0.25, 0.3) is 5.91 Å². The number of hydrogen-bond donors (Lipinski definition) is 2. The maximum absolute atomic E-state index is 12.2. The van der Waals surface area contributed by atoms with Crippen LogP contribution in [0.4, 0.5) is 0 Å². The molecule has 0 aromatic carbocycles. The molecular weight excluding hydrogens is 270 g/mol. The molecule has 1 amide bonds. The van der Waals surface area contributed by atoms with Gasteiger partial charge in [-0.3, -0.25) is 9.59 Å². The number of ether oxygens (including phenoxy) is 1. The van der Waals surface area contributed by atoms with Crippen molar-refractivity contribution in [2.24, 2.45) is 12.5 Å². The van der Waals surface area contributed by atoms with Crippen molar-refractivity contribution in [3.05, 3.63) is 34.2 Å². The number of carbonyl (C=O) groups excluding carboxylic acids is 1. The molecule has 2 heterocycles. The van der Waals surface area contributed by atoms with Gasteiger partial charge in [0.1, 0.15) is 0 Å². The van der Waals surface area contributed by atoms with Crippen LogP contribution in [0.5, 0.6) is 0 Å². The third kappa shape index (κ3) is 3.92. The second kappa shape index (κ2) is 6.87. The van der Waals surface area contributed by atoms with E-state index in [4.69, 9.17) is 4.74 Å². The van der Waals surface area contributed by atoms with E-state index in [0.29, 0.717) is 18.7 Å². The Kier molecular flexibility index (Phi) is 5.14. The molecule has 21 heavy (non-hydrogen) atoms. The molecule has 1 aromatic heterocycles. The average Bonchev–Trinajstić information content (AvgIpc) is 2.49. The fourth-order valence-electron chi connectivity index (χ4n) is 2.73. The lowest BCUT2D eigenvalue weighted by Crippen LogP contribution is -2.47. The number of methoxy groups -OCH3 is 1. The standard InChI is InChI=1S/C15H23N3O3/c1-18-9-12(3-4-13(18)19)14(20)17-10-15(11-21-2)5-7-16-8-6-15/h3-4,9,16H,5-8,10-11H2,1-2H3,(H,17,20). The minimum absolute atomic E-state index is 0.00365. The van der Waals surface area contributed by atoms with Crippen molar-refractivity contribution in [1.29, 1.82) is 0 Å². The predicted octanol–water partition coefficient (Wildman–Crippen LogP) is 0.131. The van der Waals surface area contributed by atoms with Gasteiger partial charge in [0.15, 0.2) is 0 Å². The molecule has 0 bridgehead atoms. The zero-order valence-corrected chi connectivity index (χ0v) is 12.6. The van der Waals surface area contributed by atoms with E-state index in [2.05, 4.69) is 10.6 Å². The van der Waals surface area contributed by atoms with Crippen LogP contribution in [0.3, 0.4) is 0 Å². The van der Waals surface area contributed by atoms with Crippen molar-refractivity contribution >= 4 is 5.91 Å². The Morgan fingerprint density at radius 2 is 2.14 bits per heavy atom. The number of nitrogens with one attached hydrogen (secondary N) is 2. The predicted molar refractivity (Wildman–Crippen MR) is 80.4 cm³/mol. The second-order valence-corrected chi connectivity index (χ2v) is 5.73. The molecule has 1 aromatic rings. The molecule has 1 aliphatic rings. The topological polar surface area (TPSA) is 72.4 Å². The molecule has 0 atom stereocenters. The van der Waals surface area contributed by atoms with Gasteiger partial charge in [0.05, 0.1) is 12.2 Å². The highest BCUT2D eigenvalue weighted by Gasteiger charge is 2.32. The van der Waals surface area contributed by atoms with Crippen LogP contribution in [-0.2, 0) is 11.8 Å². The molecule has 0 aliphatic carbocycles. The summed E-state index contributed by atoms with van der Waals surface area (Å²) in [7, 11) is 3.33. The molecule has 2 rings (SSSR count). The van der Waals surface area contributed by atoms with Gasteiger partial charge in [-0.15, -0.1) is 0 Å². The van der Waals surface area contributed by atoms with Gasteiger partial charge in [-0.05, 0) is 32.0 Å². The fourth-order valence-corrected chi connectivity index (χ4v) is 2.73. The molecule has 0 spiro atoms. The van der Waals surface area contributed by atoms with Crippen LogP contribution in [0.25, 0.3) is 0 Å². The Labute approximate surface area is 124 Å². The number of carbonyl (C=O) groups is 1. The van der Waals surface area contributed by atoms with E-state index in [0.717, 1.165) is 25.9 Å². The Hall–Kier alpha value is -1.66. The highest BCUT2D eigenvalue weighted by molar-refractivity contribution is 5.93. The molecule has 1 saturated heterocycles. The van der Waals surface area contributed by atoms with E-state index in [9.17, 15) is 9.59 Å². The SMILES string of the molecule is COCC1(CNC(=O)c2ccc(=O)n(C)c2)CCNCC1. The average molecular weight is 293 g/mol. The van der Waals surface area contributed by atoms with Crippen molar-refractivity contribution in [2.75, 3.05) is 33.4 Å². The van der Waals surface area contributed by atoms with Crippen LogP contribution >= 0.6 is 0 Å². The number of aromatic nitrogens is 1. The smallest absolute Gasteiger partial charge is 0.252 e. The summed E-state index contributed by atoms with van der Waals surface area (Å²) in [5.41, 5.74) is 0.371. The summed E-state index contributed by atoms with van der Waals surface area (Å²) in [4.78, 5) is 23.6. The van der Waals surface area contributed by atoms with E-state index in [1.807, 2.05) is 0 Å². The Balaban J connectivity index is 2.01. The van der Waals surface area contributed by atoms with Gasteiger partial charge in [0.2, 0.25) is 5.56 Å². The Bertz CT molecular complexity index is 542. The summed E-state index contributed by atoms with van der Waals surface area (Å²) >= 11 is 0. The molecule has 6 heteroatoms. The summed E-state index contributed by atoms with van der Waals surface area (Å²) in [6.07, 6.45) is 3.52. The van der Waals surface area contributed by atoms with Crippen LogP contribution in [0, 0.1) is 5.41 Å². The van der Waals surface area contributed by atoms with Crippen molar-refractivity contribution in [2.45, 2.75) is 12.8 Å². The maximum atomic E-state index is 12.2. The number of rotatable bonds is 5. The van der Waals surface area contributed by atoms with Crippen molar-refractivity contribution in [1.82, 2.24) is 15.2 Å². The van der Waals surface area contributed by atoms with E-state index in [1.165, 1.54) is 10.6 Å². The van der Waals surface area contributed by atoms with Gasteiger partial charge < -0.3 is 19.9 Å². The van der Waals surface area contributed by atoms with Crippen LogP contribution in [0.2, 0.25) is 0 Å². The lowest BCUT2D eigenvalue weighted by molar-refractivity contribution is 0.0511. The molecule has 0 saturated carbocycles. The number of pyridine rings is 1. The third-order valence-electron chi connectivity index (χ3n) is 4.09. The van der Waals surface area contributed by atoms with Crippen LogP contribution in [0.1, 0.15) is 23.2 Å². The zero-order valence-electron chi connectivity index (χ0n) is 12.6. The largest absolute Gasteiger partial charge is 0.384 e. The van der Waals surface area contributed by atoms with Crippen LogP contribution in [-0.4, -0.2) is 43.8 Å². The first kappa shape index (κ1) is 15.7. The minimum Gasteiger partial charge on any atom is -0.384 e. The number of hydrogen-bond acceptors (Lipinski definition) is 4. The lowest BCUT2D eigenvalue weighted by Gasteiger charge is -2.37. The molecule has 6 nitrogen and oxygen atoms in total.